The number of carbonyl (C=O) groups excluding carboxylic acids is 1. The van der Waals surface area contributed by atoms with E-state index < -0.39 is 6.16 Å². The highest BCUT2D eigenvalue weighted by atomic mass is 17.0. The molecule has 6 heteroatoms. The third-order valence-corrected chi connectivity index (χ3v) is 1.35. The third-order valence-electron chi connectivity index (χ3n) is 1.35. The summed E-state index contributed by atoms with van der Waals surface area (Å²) in [5, 5.41) is 0. The highest BCUT2D eigenvalue weighted by molar-refractivity contribution is 5.58. The molecule has 0 aliphatic heterocycles. The van der Waals surface area contributed by atoms with Gasteiger partial charge in [0.15, 0.2) is 0 Å². The van der Waals surface area contributed by atoms with Gasteiger partial charge in [0.2, 0.25) is 0 Å². The maximum absolute atomic E-state index is 10.3. The van der Waals surface area contributed by atoms with E-state index in [0.29, 0.717) is 0 Å². The van der Waals surface area contributed by atoms with E-state index in [1.807, 2.05) is 19.5 Å². The summed E-state index contributed by atoms with van der Waals surface area (Å²) >= 11 is 0. The first-order chi connectivity index (χ1) is 5.74. The summed E-state index contributed by atoms with van der Waals surface area (Å²) in [4.78, 5) is 23.0. The first-order valence-electron chi connectivity index (χ1n) is 3.72. The highest BCUT2D eigenvalue weighted by Crippen LogP contribution is 1.99. The van der Waals surface area contributed by atoms with Crippen LogP contribution in [0.25, 0.3) is 0 Å². The summed E-state index contributed by atoms with van der Waals surface area (Å²) in [5.74, 6) is 4.48. The third kappa shape index (κ3) is 4.89. The average Bonchev–Trinajstić information content (AvgIpc) is 2.12. The predicted octanol–water partition coefficient (Wildman–Crippen LogP) is 0.638. The SMILES string of the molecule is CCC(CC)ONOC(=O)ON. The average molecular weight is 178 g/mol. The smallest absolute Gasteiger partial charge is 0.340 e. The molecule has 0 radical (unpaired) electrons. The molecule has 0 saturated heterocycles. The molecule has 0 aliphatic rings. The van der Waals surface area contributed by atoms with Crippen LogP contribution in [0.5, 0.6) is 0 Å². The van der Waals surface area contributed by atoms with E-state index in [9.17, 15) is 4.79 Å². The number of nitrogens with one attached hydrogen (secondary N) is 1. The maximum Gasteiger partial charge on any atom is 0.549 e. The molecule has 0 amide bonds. The zero-order valence-corrected chi connectivity index (χ0v) is 7.20. The second-order valence-corrected chi connectivity index (χ2v) is 2.11. The van der Waals surface area contributed by atoms with Gasteiger partial charge >= 0.3 is 6.16 Å². The molecule has 0 heterocycles. The van der Waals surface area contributed by atoms with Gasteiger partial charge in [0.1, 0.15) is 0 Å². The van der Waals surface area contributed by atoms with Crippen molar-refractivity contribution in [2.45, 2.75) is 32.8 Å². The van der Waals surface area contributed by atoms with Crippen LogP contribution < -0.4 is 11.5 Å². The van der Waals surface area contributed by atoms with Gasteiger partial charge < -0.3 is 9.68 Å². The lowest BCUT2D eigenvalue weighted by atomic mass is 10.2. The lowest BCUT2D eigenvalue weighted by Gasteiger charge is -2.12. The Kier molecular flexibility index (Phi) is 6.35. The summed E-state index contributed by atoms with van der Waals surface area (Å²) in [6, 6.07) is 0. The summed E-state index contributed by atoms with van der Waals surface area (Å²) < 4.78 is 0. The Hall–Kier alpha value is -0.850. The molecule has 0 aliphatic carbocycles. The molecule has 0 saturated carbocycles. The van der Waals surface area contributed by atoms with E-state index in [1.54, 1.807) is 0 Å². The monoisotopic (exact) mass is 178 g/mol. The maximum atomic E-state index is 10.3. The minimum Gasteiger partial charge on any atom is -0.340 e. The van der Waals surface area contributed by atoms with E-state index in [4.69, 9.17) is 4.84 Å². The Bertz CT molecular complexity index is 127. The molecule has 0 bridgehead atoms. The molecule has 0 aromatic heterocycles. The van der Waals surface area contributed by atoms with Crippen LogP contribution in [0, 0.1) is 0 Å². The highest BCUT2D eigenvalue weighted by Gasteiger charge is 2.05. The molecule has 0 atom stereocenters. The van der Waals surface area contributed by atoms with Crippen LogP contribution in [-0.4, -0.2) is 12.3 Å². The number of hydrogen-bond acceptors (Lipinski definition) is 6. The van der Waals surface area contributed by atoms with E-state index in [2.05, 4.69) is 15.6 Å². The van der Waals surface area contributed by atoms with E-state index in [1.165, 1.54) is 0 Å². The fraction of sp³-hybridized carbons (Fsp3) is 0.833. The van der Waals surface area contributed by atoms with Crippen molar-refractivity contribution >= 4 is 6.16 Å². The van der Waals surface area contributed by atoms with Gasteiger partial charge in [-0.1, -0.05) is 13.8 Å². The van der Waals surface area contributed by atoms with E-state index in [0.717, 1.165) is 12.8 Å². The number of carbonyl (C=O) groups is 1. The molecule has 0 unspecified atom stereocenters. The quantitative estimate of drug-likeness (QED) is 0.601. The molecule has 6 nitrogen and oxygen atoms in total. The number of nitrogens with two attached hydrogens (primary N) is 1. The van der Waals surface area contributed by atoms with Crippen LogP contribution >= 0.6 is 0 Å². The molecule has 0 aromatic rings. The van der Waals surface area contributed by atoms with Gasteiger partial charge in [0.25, 0.3) is 0 Å². The van der Waals surface area contributed by atoms with Crippen molar-refractivity contribution in [1.82, 2.24) is 5.64 Å². The van der Waals surface area contributed by atoms with Gasteiger partial charge in [-0.05, 0) is 18.5 Å². The Morgan fingerprint density at radius 2 is 2.08 bits per heavy atom. The molecule has 0 aromatic carbocycles. The Labute approximate surface area is 70.8 Å². The number of hydrogen-bond donors (Lipinski definition) is 2. The molecule has 0 rings (SSSR count). The van der Waals surface area contributed by atoms with Gasteiger partial charge in [-0.25, -0.2) is 0 Å². The first kappa shape index (κ1) is 11.2. The fourth-order valence-electron chi connectivity index (χ4n) is 0.606. The Balaban J connectivity index is 3.34. The lowest BCUT2D eigenvalue weighted by molar-refractivity contribution is -0.177. The summed E-state index contributed by atoms with van der Waals surface area (Å²) in [6.07, 6.45) is 0.617. The fourth-order valence-corrected chi connectivity index (χ4v) is 0.606. The zero-order valence-electron chi connectivity index (χ0n) is 7.20. The molecule has 12 heavy (non-hydrogen) atoms. The van der Waals surface area contributed by atoms with Gasteiger partial charge in [0.05, 0.1) is 6.10 Å². The van der Waals surface area contributed by atoms with Crippen molar-refractivity contribution in [2.24, 2.45) is 5.90 Å². The van der Waals surface area contributed by atoms with Crippen molar-refractivity contribution < 1.29 is 19.3 Å². The van der Waals surface area contributed by atoms with Crippen LogP contribution in [-0.2, 0) is 14.5 Å². The molecule has 0 fully saturated rings. The largest absolute Gasteiger partial charge is 0.549 e. The van der Waals surface area contributed by atoms with Crippen LogP contribution in [0.4, 0.5) is 4.79 Å². The van der Waals surface area contributed by atoms with Gasteiger partial charge in [-0.2, -0.15) is 10.7 Å². The second-order valence-electron chi connectivity index (χ2n) is 2.11. The van der Waals surface area contributed by atoms with Gasteiger partial charge in [-0.15, -0.1) is 0 Å². The van der Waals surface area contributed by atoms with Crippen molar-refractivity contribution in [1.29, 1.82) is 0 Å². The molecular weight excluding hydrogens is 164 g/mol. The normalized spacial score (nSPS) is 10.0. The molecule has 0 spiro atoms. The van der Waals surface area contributed by atoms with Crippen molar-refractivity contribution in [3.8, 4) is 0 Å². The first-order valence-corrected chi connectivity index (χ1v) is 3.72. The second kappa shape index (κ2) is 6.84. The zero-order chi connectivity index (χ0) is 9.40. The minimum absolute atomic E-state index is 0.00979. The molecule has 72 valence electrons. The van der Waals surface area contributed by atoms with Crippen LogP contribution in [0.2, 0.25) is 0 Å². The summed E-state index contributed by atoms with van der Waals surface area (Å²) in [5.41, 5.74) is 1.98. The predicted molar refractivity (Wildman–Crippen MR) is 40.3 cm³/mol. The van der Waals surface area contributed by atoms with Gasteiger partial charge in [0, 0.05) is 0 Å². The van der Waals surface area contributed by atoms with Crippen LogP contribution in [0.1, 0.15) is 26.7 Å². The minimum atomic E-state index is -1.04. The Morgan fingerprint density at radius 1 is 1.50 bits per heavy atom. The molecule has 3 N–H and O–H groups in total. The van der Waals surface area contributed by atoms with Crippen LogP contribution in [0.3, 0.4) is 0 Å². The number of rotatable bonds is 5. The van der Waals surface area contributed by atoms with E-state index in [-0.39, 0.29) is 6.10 Å². The van der Waals surface area contributed by atoms with Crippen LogP contribution in [0.15, 0.2) is 0 Å². The lowest BCUT2D eigenvalue weighted by Crippen LogP contribution is -2.27. The summed E-state index contributed by atoms with van der Waals surface area (Å²) in [7, 11) is 0. The standard InChI is InChI=1S/C6H14N2O4/c1-3-5(4-2)11-8-12-6(9)10-7/h5,8H,3-4,7H2,1-2H3. The van der Waals surface area contributed by atoms with Crippen molar-refractivity contribution in [3.05, 3.63) is 0 Å². The van der Waals surface area contributed by atoms with E-state index >= 15 is 0 Å². The van der Waals surface area contributed by atoms with Crippen molar-refractivity contribution in [2.75, 3.05) is 0 Å². The summed E-state index contributed by atoms with van der Waals surface area (Å²) in [6.45, 7) is 3.91. The molecular formula is C6H14N2O4. The van der Waals surface area contributed by atoms with Crippen molar-refractivity contribution in [3.63, 3.8) is 0 Å². The van der Waals surface area contributed by atoms with Gasteiger partial charge in [-0.3, -0.25) is 4.84 Å². The Morgan fingerprint density at radius 3 is 2.50 bits per heavy atom. The topological polar surface area (TPSA) is 82.8 Å².